The van der Waals surface area contributed by atoms with E-state index in [9.17, 15) is 0 Å². The van der Waals surface area contributed by atoms with Crippen LogP contribution in [0.1, 0.15) is 69.0 Å². The fourth-order valence-electron chi connectivity index (χ4n) is 3.23. The van der Waals surface area contributed by atoms with Crippen molar-refractivity contribution in [2.45, 2.75) is 63.9 Å². The van der Waals surface area contributed by atoms with Gasteiger partial charge in [-0.2, -0.15) is 0 Å². The molecule has 0 spiro atoms. The third kappa shape index (κ3) is 2.35. The molecule has 1 aromatic heterocycles. The number of rotatable bonds is 4. The summed E-state index contributed by atoms with van der Waals surface area (Å²) < 4.78 is 6.19. The number of nitrogens with zero attached hydrogens (tertiary/aromatic N) is 1. The number of hydrogen-bond acceptors (Lipinski definition) is 3. The van der Waals surface area contributed by atoms with Crippen molar-refractivity contribution in [2.75, 3.05) is 6.61 Å². The Morgan fingerprint density at radius 2 is 2.28 bits per heavy atom. The molecule has 1 heterocycles. The summed E-state index contributed by atoms with van der Waals surface area (Å²) in [5.74, 6) is 1.52. The summed E-state index contributed by atoms with van der Waals surface area (Å²) in [6, 6.07) is 0. The predicted octanol–water partition coefficient (Wildman–Crippen LogP) is 4.46. The maximum Gasteiger partial charge on any atom is 0.125 e. The molecule has 0 aliphatic heterocycles. The summed E-state index contributed by atoms with van der Waals surface area (Å²) in [5, 5.41) is 3.52. The van der Waals surface area contributed by atoms with Crippen LogP contribution in [-0.4, -0.2) is 11.6 Å². The molecule has 3 heteroatoms. The molecule has 2 unspecified atom stereocenters. The monoisotopic (exact) mass is 265 g/mol. The number of thiazole rings is 1. The summed E-state index contributed by atoms with van der Waals surface area (Å²) in [7, 11) is 0. The highest BCUT2D eigenvalue weighted by atomic mass is 32.1. The van der Waals surface area contributed by atoms with Crippen LogP contribution < -0.4 is 0 Å². The minimum atomic E-state index is -0.0653. The molecule has 100 valence electrons. The summed E-state index contributed by atoms with van der Waals surface area (Å²) in [6.07, 6.45) is 7.60. The third-order valence-electron chi connectivity index (χ3n) is 4.28. The van der Waals surface area contributed by atoms with Gasteiger partial charge in [0.1, 0.15) is 10.6 Å². The van der Waals surface area contributed by atoms with Crippen molar-refractivity contribution in [3.8, 4) is 0 Å². The predicted molar refractivity (Wildman–Crippen MR) is 75.0 cm³/mol. The van der Waals surface area contributed by atoms with Gasteiger partial charge in [-0.3, -0.25) is 0 Å². The Hall–Kier alpha value is -0.410. The molecule has 0 aromatic carbocycles. The first-order valence-electron chi connectivity index (χ1n) is 7.33. The largest absolute Gasteiger partial charge is 0.368 e. The maximum absolute atomic E-state index is 6.19. The van der Waals surface area contributed by atoms with Gasteiger partial charge in [0, 0.05) is 17.9 Å². The van der Waals surface area contributed by atoms with E-state index in [0.717, 1.165) is 31.3 Å². The molecule has 2 aliphatic carbocycles. The normalized spacial score (nSPS) is 32.7. The zero-order valence-electron chi connectivity index (χ0n) is 11.4. The zero-order chi connectivity index (χ0) is 12.6. The van der Waals surface area contributed by atoms with Crippen LogP contribution in [0.3, 0.4) is 0 Å². The van der Waals surface area contributed by atoms with Crippen LogP contribution in [0.25, 0.3) is 0 Å². The van der Waals surface area contributed by atoms with Crippen LogP contribution in [0, 0.1) is 5.92 Å². The average molecular weight is 265 g/mol. The Morgan fingerprint density at radius 1 is 1.44 bits per heavy atom. The molecule has 3 rings (SSSR count). The molecule has 2 atom stereocenters. The van der Waals surface area contributed by atoms with Crippen LogP contribution in [-0.2, 0) is 10.3 Å². The molecule has 1 aromatic rings. The van der Waals surface area contributed by atoms with Crippen LogP contribution >= 0.6 is 11.3 Å². The first-order valence-corrected chi connectivity index (χ1v) is 8.21. The van der Waals surface area contributed by atoms with Gasteiger partial charge >= 0.3 is 0 Å². The van der Waals surface area contributed by atoms with E-state index in [1.807, 2.05) is 11.3 Å². The molecule has 2 fully saturated rings. The topological polar surface area (TPSA) is 22.1 Å². The zero-order valence-corrected chi connectivity index (χ0v) is 12.3. The van der Waals surface area contributed by atoms with E-state index in [1.165, 1.54) is 36.4 Å². The molecular weight excluding hydrogens is 242 g/mol. The van der Waals surface area contributed by atoms with Crippen molar-refractivity contribution in [3.05, 3.63) is 16.1 Å². The minimum Gasteiger partial charge on any atom is -0.368 e. The van der Waals surface area contributed by atoms with E-state index < -0.39 is 0 Å². The van der Waals surface area contributed by atoms with Gasteiger partial charge in [-0.1, -0.05) is 13.3 Å². The van der Waals surface area contributed by atoms with Gasteiger partial charge < -0.3 is 4.74 Å². The van der Waals surface area contributed by atoms with Crippen molar-refractivity contribution in [2.24, 2.45) is 5.92 Å². The lowest BCUT2D eigenvalue weighted by atomic mass is 9.79. The molecule has 2 aliphatic rings. The van der Waals surface area contributed by atoms with Gasteiger partial charge in [-0.05, 0) is 44.9 Å². The van der Waals surface area contributed by atoms with E-state index in [0.29, 0.717) is 0 Å². The van der Waals surface area contributed by atoms with Gasteiger partial charge in [0.25, 0.3) is 0 Å². The van der Waals surface area contributed by atoms with Gasteiger partial charge in [-0.25, -0.2) is 4.98 Å². The smallest absolute Gasteiger partial charge is 0.125 e. The van der Waals surface area contributed by atoms with Gasteiger partial charge in [0.2, 0.25) is 0 Å². The van der Waals surface area contributed by atoms with E-state index in [2.05, 4.69) is 19.2 Å². The summed E-state index contributed by atoms with van der Waals surface area (Å²) in [5.41, 5.74) is 1.26. The molecule has 2 nitrogen and oxygen atoms in total. The molecular formula is C15H23NOS. The third-order valence-corrected chi connectivity index (χ3v) is 5.33. The van der Waals surface area contributed by atoms with Crippen molar-refractivity contribution >= 4 is 11.3 Å². The Bertz CT molecular complexity index is 408. The van der Waals surface area contributed by atoms with Crippen molar-refractivity contribution < 1.29 is 4.74 Å². The Morgan fingerprint density at radius 3 is 2.94 bits per heavy atom. The van der Waals surface area contributed by atoms with Gasteiger partial charge in [0.15, 0.2) is 0 Å². The lowest BCUT2D eigenvalue weighted by molar-refractivity contribution is -0.0821. The SMILES string of the molecule is CCOC1(c2nc(C3CC3)cs2)CCCC(C)C1. The van der Waals surface area contributed by atoms with Crippen LogP contribution in [0.2, 0.25) is 0 Å². The van der Waals surface area contributed by atoms with E-state index in [-0.39, 0.29) is 5.60 Å². The van der Waals surface area contributed by atoms with E-state index >= 15 is 0 Å². The standard InChI is InChI=1S/C15H23NOS/c1-3-17-15(8-4-5-11(2)9-15)14-16-13(10-18-14)12-6-7-12/h10-12H,3-9H2,1-2H3. The lowest BCUT2D eigenvalue weighted by Gasteiger charge is -2.38. The second kappa shape index (κ2) is 4.93. The molecule has 2 saturated carbocycles. The first kappa shape index (κ1) is 12.6. The van der Waals surface area contributed by atoms with Crippen LogP contribution in [0.5, 0.6) is 0 Å². The van der Waals surface area contributed by atoms with E-state index in [4.69, 9.17) is 9.72 Å². The molecule has 0 amide bonds. The molecule has 0 bridgehead atoms. The Labute approximate surface area is 114 Å². The molecule has 0 radical (unpaired) electrons. The number of aromatic nitrogens is 1. The highest BCUT2D eigenvalue weighted by Crippen LogP contribution is 2.46. The number of hydrogen-bond donors (Lipinski definition) is 0. The summed E-state index contributed by atoms with van der Waals surface area (Å²) >= 11 is 1.83. The van der Waals surface area contributed by atoms with Gasteiger partial charge in [0.05, 0.1) is 5.69 Å². The lowest BCUT2D eigenvalue weighted by Crippen LogP contribution is -2.35. The van der Waals surface area contributed by atoms with Crippen LogP contribution in [0.4, 0.5) is 0 Å². The maximum atomic E-state index is 6.19. The fraction of sp³-hybridized carbons (Fsp3) is 0.800. The first-order chi connectivity index (χ1) is 8.73. The van der Waals surface area contributed by atoms with Crippen molar-refractivity contribution in [1.29, 1.82) is 0 Å². The number of ether oxygens (including phenoxy) is 1. The molecule has 0 N–H and O–H groups in total. The molecule has 0 saturated heterocycles. The average Bonchev–Trinajstić information content (AvgIpc) is 3.07. The van der Waals surface area contributed by atoms with Crippen LogP contribution in [0.15, 0.2) is 5.38 Å². The minimum absolute atomic E-state index is 0.0653. The molecule has 18 heavy (non-hydrogen) atoms. The second-order valence-electron chi connectivity index (χ2n) is 5.98. The fourth-order valence-corrected chi connectivity index (χ4v) is 4.32. The van der Waals surface area contributed by atoms with Crippen molar-refractivity contribution in [1.82, 2.24) is 4.98 Å². The Balaban J connectivity index is 1.86. The highest BCUT2D eigenvalue weighted by molar-refractivity contribution is 7.09. The highest BCUT2D eigenvalue weighted by Gasteiger charge is 2.40. The second-order valence-corrected chi connectivity index (χ2v) is 6.84. The Kier molecular flexibility index (Phi) is 3.46. The van der Waals surface area contributed by atoms with Gasteiger partial charge in [-0.15, -0.1) is 11.3 Å². The summed E-state index contributed by atoms with van der Waals surface area (Å²) in [6.45, 7) is 5.25. The van der Waals surface area contributed by atoms with Crippen molar-refractivity contribution in [3.63, 3.8) is 0 Å². The quantitative estimate of drug-likeness (QED) is 0.801. The summed E-state index contributed by atoms with van der Waals surface area (Å²) in [4.78, 5) is 4.91. The van der Waals surface area contributed by atoms with E-state index in [1.54, 1.807) is 0 Å².